The molecule has 0 bridgehead atoms. The molecule has 10 heavy (non-hydrogen) atoms. The molecular weight excluding hydrogens is 136 g/mol. The lowest BCUT2D eigenvalue weighted by atomic mass is 10.4. The number of rotatable bonds is 3. The highest BCUT2D eigenvalue weighted by Crippen LogP contribution is 1.84. The number of carboxylic acids is 1. The second-order valence-corrected chi connectivity index (χ2v) is 1.58. The normalized spacial score (nSPS) is 9.70. The van der Waals surface area contributed by atoms with E-state index in [-0.39, 0.29) is 6.42 Å². The fourth-order valence-corrected chi connectivity index (χ4v) is 0.293. The topological polar surface area (TPSA) is 63.6 Å². The van der Waals surface area contributed by atoms with E-state index >= 15 is 0 Å². The van der Waals surface area contributed by atoms with E-state index in [1.54, 1.807) is 0 Å². The van der Waals surface area contributed by atoms with Crippen LogP contribution in [0.5, 0.6) is 0 Å². The molecule has 0 aliphatic heterocycles. The Morgan fingerprint density at radius 2 is 2.20 bits per heavy atom. The van der Waals surface area contributed by atoms with Crippen LogP contribution in [0.3, 0.4) is 0 Å². The van der Waals surface area contributed by atoms with E-state index in [4.69, 9.17) is 5.11 Å². The van der Waals surface area contributed by atoms with Crippen LogP contribution in [0.4, 0.5) is 0 Å². The molecule has 4 heteroatoms. The Kier molecular flexibility index (Phi) is 3.95. The lowest BCUT2D eigenvalue weighted by Crippen LogP contribution is -1.92. The molecule has 56 valence electrons. The minimum absolute atomic E-state index is 0.132. The van der Waals surface area contributed by atoms with Crippen LogP contribution in [0.1, 0.15) is 13.3 Å². The molecule has 0 atom stereocenters. The van der Waals surface area contributed by atoms with E-state index in [1.807, 2.05) is 0 Å². The van der Waals surface area contributed by atoms with E-state index in [0.717, 1.165) is 6.26 Å². The van der Waals surface area contributed by atoms with Gasteiger partial charge in [-0.05, 0) is 6.08 Å². The van der Waals surface area contributed by atoms with Gasteiger partial charge in [-0.1, -0.05) is 0 Å². The molecule has 0 rings (SSSR count). The summed E-state index contributed by atoms with van der Waals surface area (Å²) in [5, 5.41) is 8.09. The van der Waals surface area contributed by atoms with Gasteiger partial charge in [0.15, 0.2) is 0 Å². The summed E-state index contributed by atoms with van der Waals surface area (Å²) in [7, 11) is 0. The van der Waals surface area contributed by atoms with Crippen molar-refractivity contribution in [2.75, 3.05) is 0 Å². The molecule has 0 unspecified atom stereocenters. The van der Waals surface area contributed by atoms with Crippen LogP contribution < -0.4 is 0 Å². The van der Waals surface area contributed by atoms with Crippen molar-refractivity contribution in [1.82, 2.24) is 0 Å². The summed E-state index contributed by atoms with van der Waals surface area (Å²) in [5.74, 6) is -1.41. The number of ether oxygens (including phenoxy) is 1. The molecule has 0 heterocycles. The molecule has 0 aromatic rings. The van der Waals surface area contributed by atoms with E-state index in [9.17, 15) is 9.59 Å². The quantitative estimate of drug-likeness (QED) is 0.463. The van der Waals surface area contributed by atoms with Gasteiger partial charge in [0.2, 0.25) is 0 Å². The number of carboxylic acid groups (broad SMARTS) is 1. The summed E-state index contributed by atoms with van der Waals surface area (Å²) < 4.78 is 4.31. The maximum atomic E-state index is 10.1. The second-order valence-electron chi connectivity index (χ2n) is 1.58. The van der Waals surface area contributed by atoms with Crippen molar-refractivity contribution < 1.29 is 19.4 Å². The van der Waals surface area contributed by atoms with E-state index < -0.39 is 11.9 Å². The van der Waals surface area contributed by atoms with Gasteiger partial charge in [0.05, 0.1) is 12.7 Å². The summed E-state index contributed by atoms with van der Waals surface area (Å²) >= 11 is 0. The van der Waals surface area contributed by atoms with Gasteiger partial charge in [-0.2, -0.15) is 0 Å². The molecule has 0 fully saturated rings. The predicted molar refractivity (Wildman–Crippen MR) is 33.2 cm³/mol. The minimum Gasteiger partial charge on any atom is -0.481 e. The number of hydrogen-bond acceptors (Lipinski definition) is 3. The molecule has 0 aromatic carbocycles. The van der Waals surface area contributed by atoms with Gasteiger partial charge in [0, 0.05) is 6.92 Å². The Labute approximate surface area is 58.1 Å². The largest absolute Gasteiger partial charge is 0.481 e. The Morgan fingerprint density at radius 1 is 1.60 bits per heavy atom. The zero-order valence-corrected chi connectivity index (χ0v) is 5.53. The average molecular weight is 144 g/mol. The van der Waals surface area contributed by atoms with Crippen molar-refractivity contribution in [1.29, 1.82) is 0 Å². The first-order valence-electron chi connectivity index (χ1n) is 2.67. The van der Waals surface area contributed by atoms with E-state index in [0.29, 0.717) is 0 Å². The van der Waals surface area contributed by atoms with Gasteiger partial charge >= 0.3 is 11.9 Å². The van der Waals surface area contributed by atoms with Crippen LogP contribution in [-0.4, -0.2) is 17.0 Å². The van der Waals surface area contributed by atoms with E-state index in [1.165, 1.54) is 13.0 Å². The maximum absolute atomic E-state index is 10.1. The summed E-state index contributed by atoms with van der Waals surface area (Å²) in [5.41, 5.74) is 0. The number of carbonyl (C=O) groups excluding carboxylic acids is 1. The Balaban J connectivity index is 3.38. The lowest BCUT2D eigenvalue weighted by Gasteiger charge is -1.88. The summed E-state index contributed by atoms with van der Waals surface area (Å²) in [6.45, 7) is 1.24. The van der Waals surface area contributed by atoms with Crippen molar-refractivity contribution >= 4 is 11.9 Å². The third-order valence-electron chi connectivity index (χ3n) is 0.623. The van der Waals surface area contributed by atoms with Crippen LogP contribution in [0, 0.1) is 0 Å². The molecule has 0 amide bonds. The molecule has 0 aliphatic rings. The fourth-order valence-electron chi connectivity index (χ4n) is 0.293. The van der Waals surface area contributed by atoms with E-state index in [2.05, 4.69) is 4.74 Å². The molecule has 0 saturated heterocycles. The van der Waals surface area contributed by atoms with Gasteiger partial charge in [-0.3, -0.25) is 9.59 Å². The molecule has 0 aliphatic carbocycles. The molecule has 0 aromatic heterocycles. The summed E-state index contributed by atoms with van der Waals surface area (Å²) in [4.78, 5) is 19.9. The third kappa shape index (κ3) is 6.68. The monoisotopic (exact) mass is 144 g/mol. The van der Waals surface area contributed by atoms with Crippen molar-refractivity contribution in [2.24, 2.45) is 0 Å². The first kappa shape index (κ1) is 8.68. The van der Waals surface area contributed by atoms with Gasteiger partial charge in [0.25, 0.3) is 0 Å². The zero-order chi connectivity index (χ0) is 7.98. The van der Waals surface area contributed by atoms with Crippen LogP contribution in [0.2, 0.25) is 0 Å². The average Bonchev–Trinajstić information content (AvgIpc) is 1.79. The first-order valence-corrected chi connectivity index (χ1v) is 2.67. The molecular formula is C6H8O4. The van der Waals surface area contributed by atoms with Crippen molar-refractivity contribution in [3.8, 4) is 0 Å². The highest BCUT2D eigenvalue weighted by Gasteiger charge is 1.89. The Morgan fingerprint density at radius 3 is 2.60 bits per heavy atom. The number of hydrogen-bond donors (Lipinski definition) is 1. The predicted octanol–water partition coefficient (Wildman–Crippen LogP) is 0.538. The Hall–Kier alpha value is -1.32. The van der Waals surface area contributed by atoms with Crippen LogP contribution in [0.25, 0.3) is 0 Å². The summed E-state index contributed by atoms with van der Waals surface area (Å²) in [6, 6.07) is 0. The lowest BCUT2D eigenvalue weighted by molar-refractivity contribution is -0.137. The number of esters is 1. The van der Waals surface area contributed by atoms with Crippen LogP contribution in [-0.2, 0) is 14.3 Å². The van der Waals surface area contributed by atoms with Crippen LogP contribution in [0.15, 0.2) is 12.3 Å². The van der Waals surface area contributed by atoms with Crippen molar-refractivity contribution in [3.63, 3.8) is 0 Å². The third-order valence-corrected chi connectivity index (χ3v) is 0.623. The maximum Gasteiger partial charge on any atom is 0.307 e. The number of carbonyl (C=O) groups is 2. The number of aliphatic carboxylic acids is 1. The smallest absolute Gasteiger partial charge is 0.307 e. The fraction of sp³-hybridized carbons (Fsp3) is 0.333. The molecule has 0 saturated carbocycles. The molecule has 4 nitrogen and oxygen atoms in total. The minimum atomic E-state index is -0.955. The first-order chi connectivity index (χ1) is 4.63. The SMILES string of the molecule is CC(=O)OC=CCC(=O)O. The van der Waals surface area contributed by atoms with Gasteiger partial charge < -0.3 is 9.84 Å². The van der Waals surface area contributed by atoms with Gasteiger partial charge in [0.1, 0.15) is 0 Å². The zero-order valence-electron chi connectivity index (χ0n) is 5.53. The highest BCUT2D eigenvalue weighted by atomic mass is 16.5. The highest BCUT2D eigenvalue weighted by molar-refractivity contribution is 5.69. The van der Waals surface area contributed by atoms with Crippen molar-refractivity contribution in [2.45, 2.75) is 13.3 Å². The summed E-state index contributed by atoms with van der Waals surface area (Å²) in [6.07, 6.45) is 2.19. The van der Waals surface area contributed by atoms with Crippen molar-refractivity contribution in [3.05, 3.63) is 12.3 Å². The molecule has 0 radical (unpaired) electrons. The molecule has 1 N–H and O–H groups in total. The van der Waals surface area contributed by atoms with Crippen LogP contribution >= 0.6 is 0 Å². The van der Waals surface area contributed by atoms with Gasteiger partial charge in [-0.15, -0.1) is 0 Å². The molecule has 0 spiro atoms. The van der Waals surface area contributed by atoms with Gasteiger partial charge in [-0.25, -0.2) is 0 Å². The second kappa shape index (κ2) is 4.55. The standard InChI is InChI=1S/C6H8O4/c1-5(7)10-4-2-3-6(8)9/h2,4H,3H2,1H3,(H,8,9). The Bertz CT molecular complexity index is 141.